The molecule has 1 aliphatic rings. The number of carboxylic acids is 1. The van der Waals surface area contributed by atoms with Gasteiger partial charge >= 0.3 is 5.97 Å². The fourth-order valence-electron chi connectivity index (χ4n) is 4.30. The molecule has 6 nitrogen and oxygen atoms in total. The molecule has 1 fully saturated rings. The van der Waals surface area contributed by atoms with E-state index in [4.69, 9.17) is 5.11 Å². The molecule has 6 heteroatoms. The summed E-state index contributed by atoms with van der Waals surface area (Å²) in [5.41, 5.74) is 0.833. The van der Waals surface area contributed by atoms with Gasteiger partial charge in [-0.1, -0.05) is 66.7 Å². The number of aliphatic carboxylic acids is 1. The van der Waals surface area contributed by atoms with Crippen molar-refractivity contribution in [3.8, 4) is 0 Å². The number of carbonyl (C=O) groups is 1. The van der Waals surface area contributed by atoms with Gasteiger partial charge in [0.25, 0.3) is 0 Å². The van der Waals surface area contributed by atoms with Gasteiger partial charge in [0, 0.05) is 24.7 Å². The van der Waals surface area contributed by atoms with E-state index < -0.39 is 17.7 Å². The monoisotopic (exact) mass is 443 g/mol. The van der Waals surface area contributed by atoms with Crippen LogP contribution in [0.1, 0.15) is 63.9 Å². The minimum Gasteiger partial charge on any atom is -0.481 e. The summed E-state index contributed by atoms with van der Waals surface area (Å²) in [7, 11) is 0. The fourth-order valence-corrected chi connectivity index (χ4v) is 4.30. The lowest BCUT2D eigenvalue weighted by Crippen LogP contribution is -2.26. The van der Waals surface area contributed by atoms with Crippen molar-refractivity contribution in [3.63, 3.8) is 0 Å². The van der Waals surface area contributed by atoms with Gasteiger partial charge in [0.15, 0.2) is 0 Å². The third-order valence-corrected chi connectivity index (χ3v) is 6.37. The zero-order valence-corrected chi connectivity index (χ0v) is 18.9. The average Bonchev–Trinajstić information content (AvgIpc) is 3.09. The number of aryl methyl sites for hydroxylation is 1. The van der Waals surface area contributed by atoms with Crippen molar-refractivity contribution in [1.29, 1.82) is 0 Å². The maximum atomic E-state index is 11.1. The number of aliphatic hydroxyl groups is 2. The molecule has 1 aromatic carbocycles. The van der Waals surface area contributed by atoms with Crippen molar-refractivity contribution >= 4 is 11.7 Å². The predicted octanol–water partition coefficient (Wildman–Crippen LogP) is 4.74. The Bertz CT molecular complexity index is 789. The van der Waals surface area contributed by atoms with E-state index in [-0.39, 0.29) is 18.3 Å². The van der Waals surface area contributed by atoms with Gasteiger partial charge in [0.2, 0.25) is 0 Å². The molecule has 176 valence electrons. The Balaban J connectivity index is 1.97. The lowest BCUT2D eigenvalue weighted by Gasteiger charge is -2.25. The predicted molar refractivity (Wildman–Crippen MR) is 126 cm³/mol. The molecule has 1 aliphatic carbocycles. The van der Waals surface area contributed by atoms with Gasteiger partial charge in [-0.2, -0.15) is 0 Å². The zero-order chi connectivity index (χ0) is 23.4. The van der Waals surface area contributed by atoms with Crippen LogP contribution >= 0.6 is 0 Å². The Morgan fingerprint density at radius 3 is 2.62 bits per heavy atom. The summed E-state index contributed by atoms with van der Waals surface area (Å²) >= 11 is 0. The Morgan fingerprint density at radius 2 is 1.97 bits per heavy atom. The molecule has 2 rings (SSSR count). The minimum absolute atomic E-state index is 0.140. The number of carboxylic acid groups (broad SMARTS) is 1. The second-order valence-corrected chi connectivity index (χ2v) is 8.70. The van der Waals surface area contributed by atoms with Crippen LogP contribution in [-0.4, -0.2) is 43.9 Å². The standard InChI is InChI=1S/C26H37NO5/c1-2-26(31,17-10-13-20-11-6-5-7-12-20)18-16-21-22(24(28)19-23(21)27-32)14-8-3-4-9-15-25(29)30/h3,5-8,11-12,16,18,21-22,24,28,31-32H,2,4,9-10,13-15,17,19H2,1H3,(H,29,30)/b8-3-,18-16+,27-23-. The largest absolute Gasteiger partial charge is 0.481 e. The van der Waals surface area contributed by atoms with Crippen LogP contribution < -0.4 is 0 Å². The zero-order valence-electron chi connectivity index (χ0n) is 18.9. The molecule has 4 atom stereocenters. The van der Waals surface area contributed by atoms with Crippen LogP contribution in [0.4, 0.5) is 0 Å². The molecule has 0 aromatic heterocycles. The van der Waals surface area contributed by atoms with Crippen molar-refractivity contribution in [2.24, 2.45) is 17.0 Å². The van der Waals surface area contributed by atoms with Crippen molar-refractivity contribution in [2.75, 3.05) is 0 Å². The highest BCUT2D eigenvalue weighted by Crippen LogP contribution is 2.35. The third-order valence-electron chi connectivity index (χ3n) is 6.37. The molecule has 0 heterocycles. The van der Waals surface area contributed by atoms with Crippen molar-refractivity contribution in [2.45, 2.75) is 76.4 Å². The molecule has 0 aliphatic heterocycles. The van der Waals surface area contributed by atoms with Gasteiger partial charge in [0.05, 0.1) is 17.4 Å². The molecular weight excluding hydrogens is 406 g/mol. The molecule has 0 saturated heterocycles. The molecule has 0 amide bonds. The quantitative estimate of drug-likeness (QED) is 0.152. The number of nitrogens with zero attached hydrogens (tertiary/aromatic N) is 1. The molecule has 0 spiro atoms. The van der Waals surface area contributed by atoms with E-state index in [1.807, 2.05) is 49.4 Å². The number of hydrogen-bond donors (Lipinski definition) is 4. The Morgan fingerprint density at radius 1 is 1.22 bits per heavy atom. The maximum absolute atomic E-state index is 11.1. The molecule has 1 saturated carbocycles. The second-order valence-electron chi connectivity index (χ2n) is 8.70. The lowest BCUT2D eigenvalue weighted by molar-refractivity contribution is -0.137. The lowest BCUT2D eigenvalue weighted by atomic mass is 9.86. The summed E-state index contributed by atoms with van der Waals surface area (Å²) in [6.07, 6.45) is 12.3. The van der Waals surface area contributed by atoms with Crippen LogP contribution in [0, 0.1) is 11.8 Å². The van der Waals surface area contributed by atoms with E-state index in [1.165, 1.54) is 5.56 Å². The number of allylic oxidation sites excluding steroid dienone is 3. The molecular formula is C26H37NO5. The molecule has 1 aromatic rings. The number of oxime groups is 1. The van der Waals surface area contributed by atoms with Crippen molar-refractivity contribution in [1.82, 2.24) is 0 Å². The Labute approximate surface area is 191 Å². The summed E-state index contributed by atoms with van der Waals surface area (Å²) in [5, 5.41) is 43.1. The summed E-state index contributed by atoms with van der Waals surface area (Å²) in [4.78, 5) is 10.6. The van der Waals surface area contributed by atoms with Gasteiger partial charge in [-0.15, -0.1) is 0 Å². The van der Waals surface area contributed by atoms with E-state index in [2.05, 4.69) is 17.3 Å². The Kier molecular flexibility index (Phi) is 10.6. The first kappa shape index (κ1) is 25.8. The smallest absolute Gasteiger partial charge is 0.303 e. The maximum Gasteiger partial charge on any atom is 0.303 e. The highest BCUT2D eigenvalue weighted by atomic mass is 16.4. The van der Waals surface area contributed by atoms with E-state index in [0.29, 0.717) is 44.2 Å². The first-order valence-electron chi connectivity index (χ1n) is 11.6. The molecule has 32 heavy (non-hydrogen) atoms. The normalized spacial score (nSPS) is 24.5. The number of aliphatic hydroxyl groups excluding tert-OH is 1. The Hall–Kier alpha value is -2.44. The number of rotatable bonds is 13. The van der Waals surface area contributed by atoms with Crippen LogP contribution in [0.5, 0.6) is 0 Å². The second kappa shape index (κ2) is 13.2. The van der Waals surface area contributed by atoms with E-state index >= 15 is 0 Å². The molecule has 0 bridgehead atoms. The van der Waals surface area contributed by atoms with E-state index in [9.17, 15) is 20.2 Å². The summed E-state index contributed by atoms with van der Waals surface area (Å²) in [6.45, 7) is 1.95. The number of unbranched alkanes of at least 4 members (excludes halogenated alkanes) is 1. The minimum atomic E-state index is -0.944. The number of hydrogen-bond acceptors (Lipinski definition) is 5. The summed E-state index contributed by atoms with van der Waals surface area (Å²) in [5.74, 6) is -1.19. The van der Waals surface area contributed by atoms with Crippen molar-refractivity contribution in [3.05, 3.63) is 60.2 Å². The van der Waals surface area contributed by atoms with Gasteiger partial charge in [0.1, 0.15) is 0 Å². The van der Waals surface area contributed by atoms with Crippen LogP contribution in [-0.2, 0) is 11.2 Å². The van der Waals surface area contributed by atoms with Crippen LogP contribution in [0.15, 0.2) is 59.8 Å². The van der Waals surface area contributed by atoms with Crippen LogP contribution in [0.2, 0.25) is 0 Å². The third kappa shape index (κ3) is 8.24. The first-order valence-corrected chi connectivity index (χ1v) is 11.6. The van der Waals surface area contributed by atoms with Gasteiger partial charge in [-0.05, 0) is 50.5 Å². The fraction of sp³-hybridized carbons (Fsp3) is 0.538. The molecule has 4 N–H and O–H groups in total. The highest BCUT2D eigenvalue weighted by Gasteiger charge is 2.38. The van der Waals surface area contributed by atoms with Crippen LogP contribution in [0.25, 0.3) is 0 Å². The molecule has 0 radical (unpaired) electrons. The summed E-state index contributed by atoms with van der Waals surface area (Å²) < 4.78 is 0. The van der Waals surface area contributed by atoms with E-state index in [0.717, 1.165) is 12.8 Å². The van der Waals surface area contributed by atoms with Gasteiger partial charge < -0.3 is 20.5 Å². The topological polar surface area (TPSA) is 110 Å². The van der Waals surface area contributed by atoms with Crippen molar-refractivity contribution < 1.29 is 25.3 Å². The SMILES string of the molecule is CCC(O)(/C=C/C1/C(=N\O)CC(O)C1C/C=C\CCCC(=O)O)CCCc1ccccc1. The molecule has 4 unspecified atom stereocenters. The van der Waals surface area contributed by atoms with Crippen LogP contribution in [0.3, 0.4) is 0 Å². The highest BCUT2D eigenvalue weighted by molar-refractivity contribution is 5.90. The van der Waals surface area contributed by atoms with Gasteiger partial charge in [-0.25, -0.2) is 0 Å². The first-order chi connectivity index (χ1) is 15.4. The number of benzene rings is 1. The van der Waals surface area contributed by atoms with Gasteiger partial charge in [-0.3, -0.25) is 4.79 Å². The van der Waals surface area contributed by atoms with E-state index in [1.54, 1.807) is 0 Å². The summed E-state index contributed by atoms with van der Waals surface area (Å²) in [6, 6.07) is 10.2. The average molecular weight is 444 g/mol.